The summed E-state index contributed by atoms with van der Waals surface area (Å²) in [6.07, 6.45) is 7.89. The van der Waals surface area contributed by atoms with Crippen LogP contribution in [-0.2, 0) is 4.79 Å². The number of carbonyl (C=O) groups is 1. The van der Waals surface area contributed by atoms with Crippen LogP contribution in [0.3, 0.4) is 0 Å². The summed E-state index contributed by atoms with van der Waals surface area (Å²) in [5.41, 5.74) is 5.88. The van der Waals surface area contributed by atoms with Crippen molar-refractivity contribution >= 4 is 5.91 Å². The molecule has 0 saturated carbocycles. The van der Waals surface area contributed by atoms with Crippen LogP contribution in [0, 0.1) is 5.92 Å². The van der Waals surface area contributed by atoms with Crippen LogP contribution in [0.15, 0.2) is 0 Å². The third-order valence-corrected chi connectivity index (χ3v) is 3.82. The van der Waals surface area contributed by atoms with E-state index in [9.17, 15) is 4.79 Å². The zero-order valence-corrected chi connectivity index (χ0v) is 11.5. The molecule has 0 radical (unpaired) electrons. The first kappa shape index (κ1) is 14.5. The minimum Gasteiger partial charge on any atom is -0.342 e. The van der Waals surface area contributed by atoms with Gasteiger partial charge in [0, 0.05) is 25.6 Å². The molecule has 2 N–H and O–H groups in total. The highest BCUT2D eigenvalue weighted by molar-refractivity contribution is 5.76. The number of rotatable bonds is 7. The van der Waals surface area contributed by atoms with Crippen LogP contribution in [-0.4, -0.2) is 29.9 Å². The van der Waals surface area contributed by atoms with Gasteiger partial charge in [-0.2, -0.15) is 0 Å². The Hall–Kier alpha value is -0.570. The van der Waals surface area contributed by atoms with E-state index in [-0.39, 0.29) is 6.04 Å². The SMILES string of the molecule is CCCCCCCC(=O)N1CCC(C(C)N)C1. The van der Waals surface area contributed by atoms with Gasteiger partial charge in [-0.25, -0.2) is 0 Å². The first-order chi connectivity index (χ1) is 8.15. The molecule has 1 aliphatic rings. The maximum atomic E-state index is 11.9. The molecule has 1 heterocycles. The second-order valence-corrected chi connectivity index (χ2v) is 5.41. The van der Waals surface area contributed by atoms with Gasteiger partial charge in [0.2, 0.25) is 5.91 Å². The number of hydrogen-bond donors (Lipinski definition) is 1. The van der Waals surface area contributed by atoms with Gasteiger partial charge in [0.25, 0.3) is 0 Å². The Morgan fingerprint density at radius 1 is 1.35 bits per heavy atom. The van der Waals surface area contributed by atoms with Crippen molar-refractivity contribution in [3.05, 3.63) is 0 Å². The average Bonchev–Trinajstić information content (AvgIpc) is 2.78. The summed E-state index contributed by atoms with van der Waals surface area (Å²) in [7, 11) is 0. The Morgan fingerprint density at radius 3 is 2.65 bits per heavy atom. The van der Waals surface area contributed by atoms with Gasteiger partial charge in [0.15, 0.2) is 0 Å². The number of carbonyl (C=O) groups excluding carboxylic acids is 1. The van der Waals surface area contributed by atoms with E-state index >= 15 is 0 Å². The largest absolute Gasteiger partial charge is 0.342 e. The lowest BCUT2D eigenvalue weighted by molar-refractivity contribution is -0.130. The third-order valence-electron chi connectivity index (χ3n) is 3.82. The highest BCUT2D eigenvalue weighted by Gasteiger charge is 2.27. The van der Waals surface area contributed by atoms with Crippen molar-refractivity contribution in [2.75, 3.05) is 13.1 Å². The number of nitrogens with zero attached hydrogens (tertiary/aromatic N) is 1. The minimum absolute atomic E-state index is 0.220. The Balaban J connectivity index is 2.12. The van der Waals surface area contributed by atoms with Crippen LogP contribution in [0.2, 0.25) is 0 Å². The van der Waals surface area contributed by atoms with Crippen LogP contribution in [0.4, 0.5) is 0 Å². The fourth-order valence-electron chi connectivity index (χ4n) is 2.48. The van der Waals surface area contributed by atoms with Crippen molar-refractivity contribution in [1.82, 2.24) is 4.90 Å². The second-order valence-electron chi connectivity index (χ2n) is 5.41. The fraction of sp³-hybridized carbons (Fsp3) is 0.929. The van der Waals surface area contributed by atoms with Crippen LogP contribution in [0.5, 0.6) is 0 Å². The molecule has 2 atom stereocenters. The Kier molecular flexibility index (Phi) is 6.56. The molecule has 0 aliphatic carbocycles. The Bertz CT molecular complexity index is 228. The molecule has 1 amide bonds. The van der Waals surface area contributed by atoms with Gasteiger partial charge in [-0.1, -0.05) is 32.6 Å². The van der Waals surface area contributed by atoms with E-state index in [0.717, 1.165) is 32.4 Å². The van der Waals surface area contributed by atoms with Crippen molar-refractivity contribution in [3.8, 4) is 0 Å². The van der Waals surface area contributed by atoms with Gasteiger partial charge in [0.1, 0.15) is 0 Å². The summed E-state index contributed by atoms with van der Waals surface area (Å²) in [4.78, 5) is 13.9. The summed E-state index contributed by atoms with van der Waals surface area (Å²) in [6, 6.07) is 0.220. The second kappa shape index (κ2) is 7.70. The van der Waals surface area contributed by atoms with E-state index in [1.165, 1.54) is 25.7 Å². The Labute approximate surface area is 106 Å². The van der Waals surface area contributed by atoms with E-state index in [1.807, 2.05) is 11.8 Å². The number of unbranched alkanes of at least 4 members (excludes halogenated alkanes) is 4. The van der Waals surface area contributed by atoms with Gasteiger partial charge >= 0.3 is 0 Å². The van der Waals surface area contributed by atoms with Crippen LogP contribution < -0.4 is 5.73 Å². The molecule has 1 rings (SSSR count). The lowest BCUT2D eigenvalue weighted by atomic mass is 10.0. The predicted octanol–water partition coefficient (Wildman–Crippen LogP) is 2.54. The molecule has 0 spiro atoms. The zero-order valence-electron chi connectivity index (χ0n) is 11.5. The van der Waals surface area contributed by atoms with E-state index in [1.54, 1.807) is 0 Å². The summed E-state index contributed by atoms with van der Waals surface area (Å²) >= 11 is 0. The van der Waals surface area contributed by atoms with Crippen molar-refractivity contribution in [3.63, 3.8) is 0 Å². The van der Waals surface area contributed by atoms with E-state index < -0.39 is 0 Å². The molecule has 3 heteroatoms. The van der Waals surface area contributed by atoms with Crippen molar-refractivity contribution < 1.29 is 4.79 Å². The molecule has 3 nitrogen and oxygen atoms in total. The quantitative estimate of drug-likeness (QED) is 0.695. The molecule has 2 unspecified atom stereocenters. The molecule has 100 valence electrons. The Morgan fingerprint density at radius 2 is 2.06 bits per heavy atom. The molecule has 0 aromatic carbocycles. The standard InChI is InChI=1S/C14H28N2O/c1-3-4-5-6-7-8-14(17)16-10-9-13(11-16)12(2)15/h12-13H,3-11,15H2,1-2H3. The van der Waals surface area contributed by atoms with E-state index in [0.29, 0.717) is 11.8 Å². The maximum absolute atomic E-state index is 11.9. The molecule has 1 saturated heterocycles. The van der Waals surface area contributed by atoms with Crippen molar-refractivity contribution in [2.24, 2.45) is 11.7 Å². The topological polar surface area (TPSA) is 46.3 Å². The number of amides is 1. The molecule has 0 aromatic heterocycles. The van der Waals surface area contributed by atoms with Crippen molar-refractivity contribution in [1.29, 1.82) is 0 Å². The monoisotopic (exact) mass is 240 g/mol. The molecule has 0 bridgehead atoms. The summed E-state index contributed by atoms with van der Waals surface area (Å²) in [6.45, 7) is 6.05. The number of likely N-dealkylation sites (tertiary alicyclic amines) is 1. The normalized spacial score (nSPS) is 21.8. The van der Waals surface area contributed by atoms with Crippen LogP contribution >= 0.6 is 0 Å². The van der Waals surface area contributed by atoms with Gasteiger partial charge in [-0.05, 0) is 25.7 Å². The van der Waals surface area contributed by atoms with Crippen LogP contribution in [0.25, 0.3) is 0 Å². The highest BCUT2D eigenvalue weighted by Crippen LogP contribution is 2.20. The smallest absolute Gasteiger partial charge is 0.222 e. The molecule has 1 aliphatic heterocycles. The predicted molar refractivity (Wildman–Crippen MR) is 71.7 cm³/mol. The van der Waals surface area contributed by atoms with Gasteiger partial charge in [-0.15, -0.1) is 0 Å². The minimum atomic E-state index is 0.220. The summed E-state index contributed by atoms with van der Waals surface area (Å²) in [5, 5.41) is 0. The molecule has 0 aromatic rings. The summed E-state index contributed by atoms with van der Waals surface area (Å²) < 4.78 is 0. The zero-order chi connectivity index (χ0) is 12.7. The van der Waals surface area contributed by atoms with Crippen LogP contribution in [0.1, 0.15) is 58.8 Å². The third kappa shape index (κ3) is 5.07. The lowest BCUT2D eigenvalue weighted by Crippen LogP contribution is -2.32. The first-order valence-corrected chi connectivity index (χ1v) is 7.18. The fourth-order valence-corrected chi connectivity index (χ4v) is 2.48. The first-order valence-electron chi connectivity index (χ1n) is 7.18. The molecular weight excluding hydrogens is 212 g/mol. The van der Waals surface area contributed by atoms with E-state index in [4.69, 9.17) is 5.73 Å². The van der Waals surface area contributed by atoms with Gasteiger partial charge in [0.05, 0.1) is 0 Å². The summed E-state index contributed by atoms with van der Waals surface area (Å²) in [5.74, 6) is 0.851. The molecular formula is C14H28N2O. The maximum Gasteiger partial charge on any atom is 0.222 e. The highest BCUT2D eigenvalue weighted by atomic mass is 16.2. The number of nitrogens with two attached hydrogens (primary N) is 1. The average molecular weight is 240 g/mol. The van der Waals surface area contributed by atoms with Crippen molar-refractivity contribution in [2.45, 2.75) is 64.8 Å². The number of hydrogen-bond acceptors (Lipinski definition) is 2. The molecule has 1 fully saturated rings. The lowest BCUT2D eigenvalue weighted by Gasteiger charge is -2.18. The molecule has 17 heavy (non-hydrogen) atoms. The van der Waals surface area contributed by atoms with Gasteiger partial charge < -0.3 is 10.6 Å². The van der Waals surface area contributed by atoms with Gasteiger partial charge in [-0.3, -0.25) is 4.79 Å². The van der Waals surface area contributed by atoms with E-state index in [2.05, 4.69) is 6.92 Å².